The molecule has 5 heteroatoms. The summed E-state index contributed by atoms with van der Waals surface area (Å²) in [5, 5.41) is 3.38. The van der Waals surface area contributed by atoms with Crippen LogP contribution in [0.25, 0.3) is 0 Å². The first-order valence-corrected chi connectivity index (χ1v) is 6.77. The first-order chi connectivity index (χ1) is 9.20. The number of rotatable bonds is 6. The molecule has 0 radical (unpaired) electrons. The van der Waals surface area contributed by atoms with Crippen LogP contribution in [-0.2, 0) is 13.1 Å². The zero-order valence-corrected chi connectivity index (χ0v) is 11.6. The number of anilines is 1. The lowest BCUT2D eigenvalue weighted by molar-refractivity contribution is 0.627. The molecule has 0 fully saturated rings. The van der Waals surface area contributed by atoms with Gasteiger partial charge < -0.3 is 9.88 Å². The second-order valence-corrected chi connectivity index (χ2v) is 4.81. The fraction of sp³-hybridized carbons (Fsp3) is 0.357. The summed E-state index contributed by atoms with van der Waals surface area (Å²) in [5.41, 5.74) is 0.927. The van der Waals surface area contributed by atoms with E-state index in [1.54, 1.807) is 18.3 Å². The lowest BCUT2D eigenvalue weighted by Crippen LogP contribution is -2.07. The van der Waals surface area contributed by atoms with Crippen LogP contribution < -0.4 is 5.32 Å². The summed E-state index contributed by atoms with van der Waals surface area (Å²) in [7, 11) is 0. The van der Waals surface area contributed by atoms with E-state index < -0.39 is 5.82 Å². The number of aromatic nitrogens is 2. The van der Waals surface area contributed by atoms with Gasteiger partial charge in [0.2, 0.25) is 5.95 Å². The third-order valence-electron chi connectivity index (χ3n) is 2.90. The number of imidazole rings is 1. The first-order valence-electron chi connectivity index (χ1n) is 6.39. The maximum absolute atomic E-state index is 13.0. The van der Waals surface area contributed by atoms with Gasteiger partial charge >= 0.3 is 0 Å². The molecule has 102 valence electrons. The molecule has 0 saturated carbocycles. The molecule has 2 rings (SSSR count). The molecule has 0 amide bonds. The molecular formula is C14H17ClFN3. The average molecular weight is 282 g/mol. The molecule has 1 heterocycles. The topological polar surface area (TPSA) is 29.9 Å². The van der Waals surface area contributed by atoms with E-state index in [0.717, 1.165) is 30.9 Å². The Hall–Kier alpha value is -1.55. The van der Waals surface area contributed by atoms with Gasteiger partial charge in [0.1, 0.15) is 5.82 Å². The van der Waals surface area contributed by atoms with Crippen molar-refractivity contribution >= 4 is 17.5 Å². The molecular weight excluding hydrogens is 265 g/mol. The van der Waals surface area contributed by atoms with Crippen LogP contribution in [0.5, 0.6) is 0 Å². The van der Waals surface area contributed by atoms with E-state index in [1.807, 2.05) is 6.20 Å². The third kappa shape index (κ3) is 3.70. The fourth-order valence-corrected chi connectivity index (χ4v) is 2.02. The standard InChI is InChI=1S/C14H17ClFN3/c1-2-3-7-19-8-6-17-14(19)18-10-11-4-5-13(16)12(15)9-11/h4-6,8-9H,2-3,7,10H2,1H3,(H,17,18). The number of benzene rings is 1. The molecule has 0 atom stereocenters. The Morgan fingerprint density at radius 3 is 3.00 bits per heavy atom. The first kappa shape index (κ1) is 13.9. The molecule has 1 aromatic heterocycles. The normalized spacial score (nSPS) is 10.7. The molecule has 0 aliphatic rings. The summed E-state index contributed by atoms with van der Waals surface area (Å²) in [5.74, 6) is 0.434. The fourth-order valence-electron chi connectivity index (χ4n) is 1.82. The minimum absolute atomic E-state index is 0.147. The highest BCUT2D eigenvalue weighted by atomic mass is 35.5. The van der Waals surface area contributed by atoms with Crippen LogP contribution in [0, 0.1) is 5.82 Å². The molecule has 0 bridgehead atoms. The van der Waals surface area contributed by atoms with Gasteiger partial charge in [-0.05, 0) is 24.1 Å². The van der Waals surface area contributed by atoms with E-state index in [-0.39, 0.29) is 5.02 Å². The van der Waals surface area contributed by atoms with Gasteiger partial charge in [0, 0.05) is 25.5 Å². The average Bonchev–Trinajstić information content (AvgIpc) is 2.85. The molecule has 0 spiro atoms. The van der Waals surface area contributed by atoms with Crippen molar-refractivity contribution in [3.63, 3.8) is 0 Å². The highest BCUT2D eigenvalue weighted by molar-refractivity contribution is 6.30. The van der Waals surface area contributed by atoms with Gasteiger partial charge in [0.25, 0.3) is 0 Å². The Morgan fingerprint density at radius 2 is 2.26 bits per heavy atom. The van der Waals surface area contributed by atoms with Crippen LogP contribution in [-0.4, -0.2) is 9.55 Å². The minimum atomic E-state index is -0.394. The van der Waals surface area contributed by atoms with E-state index in [9.17, 15) is 4.39 Å². The van der Waals surface area contributed by atoms with Crippen molar-refractivity contribution in [1.82, 2.24) is 9.55 Å². The van der Waals surface area contributed by atoms with Crippen LogP contribution in [0.3, 0.4) is 0 Å². The second kappa shape index (κ2) is 6.57. The monoisotopic (exact) mass is 281 g/mol. The number of aryl methyl sites for hydroxylation is 1. The van der Waals surface area contributed by atoms with Crippen LogP contribution >= 0.6 is 11.6 Å². The molecule has 19 heavy (non-hydrogen) atoms. The molecule has 1 aromatic carbocycles. The van der Waals surface area contributed by atoms with Gasteiger partial charge in [0.05, 0.1) is 5.02 Å². The van der Waals surface area contributed by atoms with Gasteiger partial charge in [0.15, 0.2) is 0 Å². The summed E-state index contributed by atoms with van der Waals surface area (Å²) >= 11 is 5.75. The molecule has 0 saturated heterocycles. The Morgan fingerprint density at radius 1 is 1.42 bits per heavy atom. The largest absolute Gasteiger partial charge is 0.352 e. The zero-order valence-electron chi connectivity index (χ0n) is 10.9. The summed E-state index contributed by atoms with van der Waals surface area (Å²) in [6, 6.07) is 4.72. The van der Waals surface area contributed by atoms with E-state index in [0.29, 0.717) is 6.54 Å². The maximum Gasteiger partial charge on any atom is 0.203 e. The number of hydrogen-bond acceptors (Lipinski definition) is 2. The van der Waals surface area contributed by atoms with Crippen molar-refractivity contribution in [2.75, 3.05) is 5.32 Å². The van der Waals surface area contributed by atoms with Crippen LogP contribution in [0.2, 0.25) is 5.02 Å². The van der Waals surface area contributed by atoms with Gasteiger partial charge in [-0.15, -0.1) is 0 Å². The predicted octanol–water partition coefficient (Wildman–Crippen LogP) is 4.09. The highest BCUT2D eigenvalue weighted by Crippen LogP contribution is 2.17. The number of nitrogens with zero attached hydrogens (tertiary/aromatic N) is 2. The molecule has 0 aliphatic heterocycles. The Kier molecular flexibility index (Phi) is 4.80. The van der Waals surface area contributed by atoms with E-state index in [2.05, 4.69) is 21.8 Å². The third-order valence-corrected chi connectivity index (χ3v) is 3.19. The highest BCUT2D eigenvalue weighted by Gasteiger charge is 2.04. The predicted molar refractivity (Wildman–Crippen MR) is 75.9 cm³/mol. The molecule has 1 N–H and O–H groups in total. The molecule has 0 unspecified atom stereocenters. The Balaban J connectivity index is 1.98. The van der Waals surface area contributed by atoms with Crippen molar-refractivity contribution in [3.8, 4) is 0 Å². The van der Waals surface area contributed by atoms with Gasteiger partial charge in [-0.1, -0.05) is 31.0 Å². The molecule has 2 aromatic rings. The number of unbranched alkanes of at least 4 members (excludes halogenated alkanes) is 1. The van der Waals surface area contributed by atoms with Crippen LogP contribution in [0.4, 0.5) is 10.3 Å². The van der Waals surface area contributed by atoms with Crippen LogP contribution in [0.15, 0.2) is 30.6 Å². The number of hydrogen-bond donors (Lipinski definition) is 1. The van der Waals surface area contributed by atoms with Crippen molar-refractivity contribution < 1.29 is 4.39 Å². The number of nitrogens with one attached hydrogen (secondary N) is 1. The van der Waals surface area contributed by atoms with Gasteiger partial charge in [-0.3, -0.25) is 0 Å². The number of halogens is 2. The quantitative estimate of drug-likeness (QED) is 0.864. The Labute approximate surface area is 117 Å². The summed E-state index contributed by atoms with van der Waals surface area (Å²) in [4.78, 5) is 4.27. The Bertz CT molecular complexity index is 539. The smallest absolute Gasteiger partial charge is 0.203 e. The van der Waals surface area contributed by atoms with Gasteiger partial charge in [-0.25, -0.2) is 9.37 Å². The molecule has 0 aliphatic carbocycles. The van der Waals surface area contributed by atoms with E-state index in [4.69, 9.17) is 11.6 Å². The van der Waals surface area contributed by atoms with Crippen LogP contribution in [0.1, 0.15) is 25.3 Å². The van der Waals surface area contributed by atoms with Crippen molar-refractivity contribution in [3.05, 3.63) is 47.0 Å². The lowest BCUT2D eigenvalue weighted by atomic mass is 10.2. The van der Waals surface area contributed by atoms with Crippen molar-refractivity contribution in [1.29, 1.82) is 0 Å². The zero-order chi connectivity index (χ0) is 13.7. The van der Waals surface area contributed by atoms with Gasteiger partial charge in [-0.2, -0.15) is 0 Å². The SMILES string of the molecule is CCCCn1ccnc1NCc1ccc(F)c(Cl)c1. The molecule has 3 nitrogen and oxygen atoms in total. The lowest BCUT2D eigenvalue weighted by Gasteiger charge is -2.09. The summed E-state index contributed by atoms with van der Waals surface area (Å²) in [6.45, 7) is 3.68. The minimum Gasteiger partial charge on any atom is -0.352 e. The van der Waals surface area contributed by atoms with Crippen molar-refractivity contribution in [2.45, 2.75) is 32.9 Å². The van der Waals surface area contributed by atoms with E-state index >= 15 is 0 Å². The summed E-state index contributed by atoms with van der Waals surface area (Å²) in [6.07, 6.45) is 5.99. The second-order valence-electron chi connectivity index (χ2n) is 4.40. The van der Waals surface area contributed by atoms with E-state index in [1.165, 1.54) is 6.07 Å². The van der Waals surface area contributed by atoms with Crippen molar-refractivity contribution in [2.24, 2.45) is 0 Å². The maximum atomic E-state index is 13.0. The summed E-state index contributed by atoms with van der Waals surface area (Å²) < 4.78 is 15.1.